The second-order valence-electron chi connectivity index (χ2n) is 5.56. The van der Waals surface area contributed by atoms with Crippen molar-refractivity contribution in [1.82, 2.24) is 15.8 Å². The van der Waals surface area contributed by atoms with E-state index >= 15 is 0 Å². The number of fused-ring (bicyclic) bond motifs is 2. The first kappa shape index (κ1) is 16.7. The molecule has 8 heteroatoms. The Balaban J connectivity index is 1.51. The van der Waals surface area contributed by atoms with E-state index in [1.807, 2.05) is 24.3 Å². The number of carbonyl (C=O) groups is 2. The number of rotatable bonds is 2. The Labute approximate surface area is 160 Å². The molecule has 4 rings (SSSR count). The van der Waals surface area contributed by atoms with Gasteiger partial charge in [0.25, 0.3) is 5.91 Å². The minimum absolute atomic E-state index is 0.0955. The van der Waals surface area contributed by atoms with E-state index in [1.165, 1.54) is 0 Å². The highest BCUT2D eigenvalue weighted by Gasteiger charge is 2.18. The van der Waals surface area contributed by atoms with Crippen molar-refractivity contribution in [2.45, 2.75) is 0 Å². The number of hydrazine groups is 1. The van der Waals surface area contributed by atoms with Crippen LogP contribution in [-0.2, 0) is 0 Å². The lowest BCUT2D eigenvalue weighted by Gasteiger charge is -2.04. The number of halogens is 2. The van der Waals surface area contributed by atoms with Crippen LogP contribution in [0, 0.1) is 0 Å². The summed E-state index contributed by atoms with van der Waals surface area (Å²) in [6.07, 6.45) is 0. The third-order valence-corrected chi connectivity index (χ3v) is 4.75. The number of nitrogens with one attached hydrogen (secondary N) is 3. The lowest BCUT2D eigenvalue weighted by Crippen LogP contribution is -2.41. The molecule has 0 saturated carbocycles. The first-order valence-electron chi connectivity index (χ1n) is 7.59. The smallest absolute Gasteiger partial charge is 0.305 e. The molecule has 2 aromatic carbocycles. The van der Waals surface area contributed by atoms with Gasteiger partial charge in [-0.3, -0.25) is 20.4 Å². The number of aromatic nitrogens is 1. The SMILES string of the molecule is O=C(NNC(=O)c1[nH]c2ccc(Br)cc2c1Cl)c1cc2ccccc2o1. The molecule has 2 amide bonds. The molecule has 0 unspecified atom stereocenters. The Kier molecular flexibility index (Phi) is 4.18. The number of carbonyl (C=O) groups excluding carboxylic acids is 2. The summed E-state index contributed by atoms with van der Waals surface area (Å²) in [7, 11) is 0. The van der Waals surface area contributed by atoms with Crippen LogP contribution in [0.4, 0.5) is 0 Å². The summed E-state index contributed by atoms with van der Waals surface area (Å²) in [6.45, 7) is 0. The Morgan fingerprint density at radius 3 is 2.62 bits per heavy atom. The van der Waals surface area contributed by atoms with Gasteiger partial charge in [0.1, 0.15) is 11.3 Å². The molecule has 0 aliphatic heterocycles. The van der Waals surface area contributed by atoms with E-state index in [0.29, 0.717) is 16.5 Å². The largest absolute Gasteiger partial charge is 0.451 e. The standard InChI is InChI=1S/C18H11BrClN3O3/c19-10-5-6-12-11(8-10)15(20)16(21-12)18(25)23-22-17(24)14-7-9-3-1-2-4-13(9)26-14/h1-8,21H,(H,22,24)(H,23,25). The van der Waals surface area contributed by atoms with Crippen LogP contribution in [-0.4, -0.2) is 16.8 Å². The lowest BCUT2D eigenvalue weighted by molar-refractivity contribution is 0.0830. The fraction of sp³-hybridized carbons (Fsp3) is 0. The Bertz CT molecular complexity index is 1130. The van der Waals surface area contributed by atoms with Gasteiger partial charge < -0.3 is 9.40 Å². The van der Waals surface area contributed by atoms with E-state index in [2.05, 4.69) is 31.8 Å². The number of para-hydroxylation sites is 1. The molecule has 0 aliphatic rings. The van der Waals surface area contributed by atoms with Gasteiger partial charge in [0.15, 0.2) is 5.76 Å². The van der Waals surface area contributed by atoms with Gasteiger partial charge in [-0.25, -0.2) is 0 Å². The van der Waals surface area contributed by atoms with Crippen LogP contribution in [0.2, 0.25) is 5.02 Å². The fourth-order valence-corrected chi connectivity index (χ4v) is 3.27. The highest BCUT2D eigenvalue weighted by Crippen LogP contribution is 2.29. The first-order valence-corrected chi connectivity index (χ1v) is 8.76. The number of aromatic amines is 1. The van der Waals surface area contributed by atoms with E-state index in [0.717, 1.165) is 9.86 Å². The molecule has 130 valence electrons. The normalized spacial score (nSPS) is 11.0. The minimum atomic E-state index is -0.565. The molecule has 2 aromatic heterocycles. The summed E-state index contributed by atoms with van der Waals surface area (Å²) in [5.41, 5.74) is 6.12. The van der Waals surface area contributed by atoms with Gasteiger partial charge in [-0.2, -0.15) is 0 Å². The summed E-state index contributed by atoms with van der Waals surface area (Å²) in [6, 6.07) is 14.3. The van der Waals surface area contributed by atoms with Gasteiger partial charge in [-0.1, -0.05) is 45.7 Å². The van der Waals surface area contributed by atoms with Gasteiger partial charge in [0.05, 0.1) is 5.02 Å². The summed E-state index contributed by atoms with van der Waals surface area (Å²) in [5.74, 6) is -1.03. The van der Waals surface area contributed by atoms with Crippen LogP contribution in [0.15, 0.2) is 57.4 Å². The Morgan fingerprint density at radius 2 is 1.81 bits per heavy atom. The van der Waals surface area contributed by atoms with Crippen LogP contribution in [0.1, 0.15) is 21.0 Å². The molecule has 4 aromatic rings. The molecule has 0 radical (unpaired) electrons. The molecule has 0 spiro atoms. The molecule has 26 heavy (non-hydrogen) atoms. The maximum Gasteiger partial charge on any atom is 0.305 e. The van der Waals surface area contributed by atoms with Crippen molar-refractivity contribution in [2.75, 3.05) is 0 Å². The number of amides is 2. The molecule has 0 saturated heterocycles. The maximum atomic E-state index is 12.3. The van der Waals surface area contributed by atoms with Crippen molar-refractivity contribution in [3.63, 3.8) is 0 Å². The molecule has 0 aliphatic carbocycles. The van der Waals surface area contributed by atoms with Crippen molar-refractivity contribution >= 4 is 61.2 Å². The molecule has 0 bridgehead atoms. The average Bonchev–Trinajstić information content (AvgIpc) is 3.21. The van der Waals surface area contributed by atoms with Crippen molar-refractivity contribution < 1.29 is 14.0 Å². The van der Waals surface area contributed by atoms with E-state index in [4.69, 9.17) is 16.0 Å². The summed E-state index contributed by atoms with van der Waals surface area (Å²) >= 11 is 9.63. The third kappa shape index (κ3) is 2.95. The average molecular weight is 433 g/mol. The van der Waals surface area contributed by atoms with Crippen LogP contribution in [0.3, 0.4) is 0 Å². The number of furan rings is 1. The summed E-state index contributed by atoms with van der Waals surface area (Å²) in [5, 5.41) is 1.78. The van der Waals surface area contributed by atoms with Crippen molar-refractivity contribution in [1.29, 1.82) is 0 Å². The second-order valence-corrected chi connectivity index (χ2v) is 6.85. The van der Waals surface area contributed by atoms with Crippen LogP contribution < -0.4 is 10.9 Å². The highest BCUT2D eigenvalue weighted by atomic mass is 79.9. The zero-order chi connectivity index (χ0) is 18.3. The van der Waals surface area contributed by atoms with Crippen LogP contribution in [0.5, 0.6) is 0 Å². The number of hydrogen-bond donors (Lipinski definition) is 3. The van der Waals surface area contributed by atoms with Crippen molar-refractivity contribution in [3.05, 3.63) is 69.5 Å². The predicted molar refractivity (Wildman–Crippen MR) is 102 cm³/mol. The first-order chi connectivity index (χ1) is 12.5. The van der Waals surface area contributed by atoms with Gasteiger partial charge in [0, 0.05) is 20.8 Å². The third-order valence-electron chi connectivity index (χ3n) is 3.86. The van der Waals surface area contributed by atoms with Crippen LogP contribution >= 0.6 is 27.5 Å². The molecule has 3 N–H and O–H groups in total. The lowest BCUT2D eigenvalue weighted by atomic mass is 10.2. The Hall–Kier alpha value is -2.77. The monoisotopic (exact) mass is 431 g/mol. The van der Waals surface area contributed by atoms with E-state index < -0.39 is 11.8 Å². The molecule has 6 nitrogen and oxygen atoms in total. The maximum absolute atomic E-state index is 12.3. The molecule has 2 heterocycles. The molecule has 0 fully saturated rings. The predicted octanol–water partition coefficient (Wildman–Crippen LogP) is 4.40. The second kappa shape index (κ2) is 6.51. The van der Waals surface area contributed by atoms with Gasteiger partial charge in [-0.05, 0) is 30.3 Å². The zero-order valence-corrected chi connectivity index (χ0v) is 15.4. The number of hydrogen-bond acceptors (Lipinski definition) is 3. The zero-order valence-electron chi connectivity index (χ0n) is 13.1. The van der Waals surface area contributed by atoms with Gasteiger partial charge in [0.2, 0.25) is 0 Å². The van der Waals surface area contributed by atoms with Gasteiger partial charge >= 0.3 is 5.91 Å². The Morgan fingerprint density at radius 1 is 1.04 bits per heavy atom. The van der Waals surface area contributed by atoms with Crippen molar-refractivity contribution in [2.24, 2.45) is 0 Å². The molecular weight excluding hydrogens is 422 g/mol. The number of H-pyrrole nitrogens is 1. The van der Waals surface area contributed by atoms with Crippen molar-refractivity contribution in [3.8, 4) is 0 Å². The van der Waals surface area contributed by atoms with Crippen LogP contribution in [0.25, 0.3) is 21.9 Å². The van der Waals surface area contributed by atoms with Gasteiger partial charge in [-0.15, -0.1) is 0 Å². The number of benzene rings is 2. The molecule has 0 atom stereocenters. The highest BCUT2D eigenvalue weighted by molar-refractivity contribution is 9.10. The minimum Gasteiger partial charge on any atom is -0.451 e. The van der Waals surface area contributed by atoms with E-state index in [1.54, 1.807) is 24.3 Å². The van der Waals surface area contributed by atoms with E-state index in [9.17, 15) is 9.59 Å². The topological polar surface area (TPSA) is 87.1 Å². The summed E-state index contributed by atoms with van der Waals surface area (Å²) < 4.78 is 6.29. The fourth-order valence-electron chi connectivity index (χ4n) is 2.62. The van der Waals surface area contributed by atoms with E-state index in [-0.39, 0.29) is 16.5 Å². The quantitative estimate of drug-likeness (QED) is 0.410. The molecular formula is C18H11BrClN3O3. The summed E-state index contributed by atoms with van der Waals surface area (Å²) in [4.78, 5) is 27.5.